The van der Waals surface area contributed by atoms with Crippen molar-refractivity contribution in [2.24, 2.45) is 0 Å². The number of hydrogen-bond donors (Lipinski definition) is 1. The van der Waals surface area contributed by atoms with Crippen LogP contribution in [0.3, 0.4) is 0 Å². The minimum atomic E-state index is -4.24. The minimum absolute atomic E-state index is 0.0233. The summed E-state index contributed by atoms with van der Waals surface area (Å²) in [6.07, 6.45) is 0.0856. The van der Waals surface area contributed by atoms with Crippen molar-refractivity contribution in [3.8, 4) is 5.75 Å². The van der Waals surface area contributed by atoms with Gasteiger partial charge in [-0.25, -0.2) is 12.7 Å². The zero-order chi connectivity index (χ0) is 23.6. The van der Waals surface area contributed by atoms with Crippen LogP contribution in [0.5, 0.6) is 5.75 Å². The summed E-state index contributed by atoms with van der Waals surface area (Å²) in [5, 5.41) is 3.22. The molecule has 0 spiro atoms. The van der Waals surface area contributed by atoms with Gasteiger partial charge in [0.05, 0.1) is 7.11 Å². The molecule has 3 aromatic carbocycles. The fourth-order valence-corrected chi connectivity index (χ4v) is 5.50. The lowest BCUT2D eigenvalue weighted by atomic mass is 9.99. The molecule has 3 aromatic rings. The van der Waals surface area contributed by atoms with Crippen LogP contribution in [0.1, 0.15) is 28.3 Å². The largest absolute Gasteiger partial charge is 0.495 e. The SMILES string of the molecule is COc1ccc(C(=O)Nc2ccc(Cl)cc2)cc1S(=O)(=O)N1CC(c2ccccc2)CC1=O. The van der Waals surface area contributed by atoms with Crippen LogP contribution < -0.4 is 10.1 Å². The third kappa shape index (κ3) is 4.72. The van der Waals surface area contributed by atoms with E-state index >= 15 is 0 Å². The molecule has 170 valence electrons. The Kier molecular flexibility index (Phi) is 6.40. The molecule has 0 radical (unpaired) electrons. The van der Waals surface area contributed by atoms with E-state index in [-0.39, 0.29) is 35.1 Å². The normalized spacial score (nSPS) is 16.0. The number of nitrogens with zero attached hydrogens (tertiary/aromatic N) is 1. The monoisotopic (exact) mass is 484 g/mol. The van der Waals surface area contributed by atoms with Crippen molar-refractivity contribution in [2.75, 3.05) is 19.0 Å². The maximum atomic E-state index is 13.5. The molecule has 1 saturated heterocycles. The molecule has 1 aliphatic rings. The van der Waals surface area contributed by atoms with Crippen LogP contribution in [0.2, 0.25) is 5.02 Å². The predicted octanol–water partition coefficient (Wildman–Crippen LogP) is 4.31. The number of halogens is 1. The van der Waals surface area contributed by atoms with Gasteiger partial charge in [0.25, 0.3) is 15.9 Å². The molecule has 2 amide bonds. The van der Waals surface area contributed by atoms with E-state index in [4.69, 9.17) is 16.3 Å². The molecule has 9 heteroatoms. The van der Waals surface area contributed by atoms with Crippen LogP contribution >= 0.6 is 11.6 Å². The molecule has 1 atom stereocenters. The van der Waals surface area contributed by atoms with Crippen molar-refractivity contribution in [3.63, 3.8) is 0 Å². The van der Waals surface area contributed by atoms with E-state index in [9.17, 15) is 18.0 Å². The van der Waals surface area contributed by atoms with E-state index in [2.05, 4.69) is 5.32 Å². The molecular formula is C24H21ClN2O5S. The highest BCUT2D eigenvalue weighted by Crippen LogP contribution is 2.35. The smallest absolute Gasteiger partial charge is 0.270 e. The van der Waals surface area contributed by atoms with Gasteiger partial charge in [0.1, 0.15) is 10.6 Å². The number of ether oxygens (including phenoxy) is 1. The Morgan fingerprint density at radius 2 is 1.76 bits per heavy atom. The molecule has 0 bridgehead atoms. The molecule has 33 heavy (non-hydrogen) atoms. The second-order valence-electron chi connectivity index (χ2n) is 7.57. The van der Waals surface area contributed by atoms with E-state index in [1.54, 1.807) is 24.3 Å². The standard InChI is InChI=1S/C24H21ClN2O5S/c1-32-21-12-7-17(24(29)26-20-10-8-19(25)9-11-20)13-22(21)33(30,31)27-15-18(14-23(27)28)16-5-3-2-4-6-16/h2-13,18H,14-15H2,1H3,(H,26,29). The van der Waals surface area contributed by atoms with Gasteiger partial charge in [0.15, 0.2) is 0 Å². The highest BCUT2D eigenvalue weighted by Gasteiger charge is 2.40. The summed E-state index contributed by atoms with van der Waals surface area (Å²) in [5.41, 5.74) is 1.51. The summed E-state index contributed by atoms with van der Waals surface area (Å²) >= 11 is 5.87. The van der Waals surface area contributed by atoms with Crippen LogP contribution in [0.25, 0.3) is 0 Å². The first-order chi connectivity index (χ1) is 15.8. The Bertz CT molecular complexity index is 1290. The molecule has 1 unspecified atom stereocenters. The number of carbonyl (C=O) groups excluding carboxylic acids is 2. The zero-order valence-electron chi connectivity index (χ0n) is 17.7. The first kappa shape index (κ1) is 22.8. The Labute approximate surface area is 197 Å². The van der Waals surface area contributed by atoms with Crippen molar-refractivity contribution in [1.82, 2.24) is 4.31 Å². The minimum Gasteiger partial charge on any atom is -0.495 e. The lowest BCUT2D eigenvalue weighted by molar-refractivity contribution is -0.123. The second-order valence-corrected chi connectivity index (χ2v) is 9.84. The third-order valence-electron chi connectivity index (χ3n) is 5.45. The quantitative estimate of drug-likeness (QED) is 0.563. The van der Waals surface area contributed by atoms with Crippen LogP contribution in [-0.4, -0.2) is 38.2 Å². The first-order valence-electron chi connectivity index (χ1n) is 10.1. The van der Waals surface area contributed by atoms with Gasteiger partial charge >= 0.3 is 0 Å². The van der Waals surface area contributed by atoms with Gasteiger partial charge in [0, 0.05) is 35.2 Å². The van der Waals surface area contributed by atoms with Gasteiger partial charge in [-0.3, -0.25) is 9.59 Å². The number of benzene rings is 3. The molecule has 0 aromatic heterocycles. The number of methoxy groups -OCH3 is 1. The second kappa shape index (κ2) is 9.25. The lowest BCUT2D eigenvalue weighted by Gasteiger charge is -2.19. The van der Waals surface area contributed by atoms with E-state index in [0.717, 1.165) is 9.87 Å². The molecule has 1 N–H and O–H groups in total. The van der Waals surface area contributed by atoms with Crippen LogP contribution in [0, 0.1) is 0 Å². The van der Waals surface area contributed by atoms with E-state index in [1.807, 2.05) is 30.3 Å². The molecule has 1 fully saturated rings. The summed E-state index contributed by atoms with van der Waals surface area (Å²) < 4.78 is 33.0. The molecule has 7 nitrogen and oxygen atoms in total. The predicted molar refractivity (Wildman–Crippen MR) is 125 cm³/mol. The van der Waals surface area contributed by atoms with Crippen molar-refractivity contribution >= 4 is 39.1 Å². The number of rotatable bonds is 6. The van der Waals surface area contributed by atoms with Gasteiger partial charge in [-0.05, 0) is 48.0 Å². The zero-order valence-corrected chi connectivity index (χ0v) is 19.3. The van der Waals surface area contributed by atoms with Gasteiger partial charge in [-0.15, -0.1) is 0 Å². The Balaban J connectivity index is 1.63. The number of sulfonamides is 1. The summed E-state index contributed by atoms with van der Waals surface area (Å²) in [6, 6.07) is 19.9. The average molecular weight is 485 g/mol. The average Bonchev–Trinajstić information content (AvgIpc) is 3.23. The fourth-order valence-electron chi connectivity index (χ4n) is 3.73. The fraction of sp³-hybridized carbons (Fsp3) is 0.167. The highest BCUT2D eigenvalue weighted by atomic mass is 35.5. The van der Waals surface area contributed by atoms with E-state index < -0.39 is 21.8 Å². The van der Waals surface area contributed by atoms with Crippen LogP contribution in [0.4, 0.5) is 5.69 Å². The first-order valence-corrected chi connectivity index (χ1v) is 12.0. The summed E-state index contributed by atoms with van der Waals surface area (Å²) in [7, 11) is -2.91. The molecular weight excluding hydrogens is 464 g/mol. The number of hydrogen-bond acceptors (Lipinski definition) is 5. The van der Waals surface area contributed by atoms with Crippen LogP contribution in [0.15, 0.2) is 77.7 Å². The molecule has 0 aliphatic carbocycles. The molecule has 4 rings (SSSR count). The van der Waals surface area contributed by atoms with Gasteiger partial charge < -0.3 is 10.1 Å². The maximum Gasteiger partial charge on any atom is 0.270 e. The topological polar surface area (TPSA) is 92.8 Å². The third-order valence-corrected chi connectivity index (χ3v) is 7.51. The number of carbonyl (C=O) groups is 2. The van der Waals surface area contributed by atoms with Gasteiger partial charge in [0.2, 0.25) is 5.91 Å². The highest BCUT2D eigenvalue weighted by molar-refractivity contribution is 7.89. The van der Waals surface area contributed by atoms with Crippen molar-refractivity contribution < 1.29 is 22.7 Å². The van der Waals surface area contributed by atoms with Crippen molar-refractivity contribution in [3.05, 3.63) is 88.9 Å². The van der Waals surface area contributed by atoms with Gasteiger partial charge in [-0.2, -0.15) is 0 Å². The van der Waals surface area contributed by atoms with Crippen LogP contribution in [-0.2, 0) is 14.8 Å². The lowest BCUT2D eigenvalue weighted by Crippen LogP contribution is -2.32. The number of anilines is 1. The van der Waals surface area contributed by atoms with Crippen molar-refractivity contribution in [2.45, 2.75) is 17.2 Å². The Hall–Kier alpha value is -3.36. The van der Waals surface area contributed by atoms with Gasteiger partial charge in [-0.1, -0.05) is 41.9 Å². The van der Waals surface area contributed by atoms with Crippen molar-refractivity contribution in [1.29, 1.82) is 0 Å². The molecule has 0 saturated carbocycles. The summed E-state index contributed by atoms with van der Waals surface area (Å²) in [5.74, 6) is -1.20. The Morgan fingerprint density at radius 3 is 2.42 bits per heavy atom. The van der Waals surface area contributed by atoms with E-state index in [1.165, 1.54) is 25.3 Å². The number of nitrogens with one attached hydrogen (secondary N) is 1. The maximum absolute atomic E-state index is 13.5. The number of amides is 2. The Morgan fingerprint density at radius 1 is 1.06 bits per heavy atom. The molecule has 1 aliphatic heterocycles. The summed E-state index contributed by atoms with van der Waals surface area (Å²) in [4.78, 5) is 25.2. The molecule has 1 heterocycles. The summed E-state index contributed by atoms with van der Waals surface area (Å²) in [6.45, 7) is 0.0233. The van der Waals surface area contributed by atoms with E-state index in [0.29, 0.717) is 10.7 Å².